The predicted molar refractivity (Wildman–Crippen MR) is 67.5 cm³/mol. The minimum Gasteiger partial charge on any atom is -0.455 e. The number of aryl methyl sites for hydroxylation is 1. The summed E-state index contributed by atoms with van der Waals surface area (Å²) in [5.41, 5.74) is 1.07. The zero-order valence-electron chi connectivity index (χ0n) is 10.1. The molecule has 1 heterocycles. The number of aldehydes is 1. The van der Waals surface area contributed by atoms with Gasteiger partial charge in [-0.3, -0.25) is 19.9 Å². The number of nitrogens with zero attached hydrogens (tertiary/aromatic N) is 2. The van der Waals surface area contributed by atoms with Gasteiger partial charge in [-0.1, -0.05) is 0 Å². The van der Waals surface area contributed by atoms with E-state index in [4.69, 9.17) is 4.74 Å². The van der Waals surface area contributed by atoms with E-state index in [0.717, 1.165) is 5.56 Å². The van der Waals surface area contributed by atoms with Gasteiger partial charge in [0.15, 0.2) is 6.29 Å². The van der Waals surface area contributed by atoms with Crippen LogP contribution in [0, 0.1) is 17.0 Å². The highest BCUT2D eigenvalue weighted by Gasteiger charge is 2.10. The first-order valence-corrected chi connectivity index (χ1v) is 5.43. The SMILES string of the molecule is Cc1ccc([N+](=O)[O-])cc1Oc1cncc(C=O)c1. The fourth-order valence-electron chi connectivity index (χ4n) is 1.50. The Hall–Kier alpha value is -2.76. The van der Waals surface area contributed by atoms with E-state index in [0.29, 0.717) is 23.3 Å². The van der Waals surface area contributed by atoms with Crippen molar-refractivity contribution in [3.8, 4) is 11.5 Å². The maximum absolute atomic E-state index is 10.7. The smallest absolute Gasteiger partial charge is 0.273 e. The third kappa shape index (κ3) is 2.92. The average molecular weight is 258 g/mol. The number of carbonyl (C=O) groups is 1. The lowest BCUT2D eigenvalue weighted by Gasteiger charge is -2.08. The molecule has 2 aromatic rings. The Bertz CT molecular complexity index is 640. The van der Waals surface area contributed by atoms with Crippen LogP contribution in [0.25, 0.3) is 0 Å². The molecule has 0 atom stereocenters. The first kappa shape index (κ1) is 12.7. The number of carbonyl (C=O) groups excluding carboxylic acids is 1. The Morgan fingerprint density at radius 2 is 2.11 bits per heavy atom. The molecule has 96 valence electrons. The zero-order valence-corrected chi connectivity index (χ0v) is 10.1. The van der Waals surface area contributed by atoms with E-state index in [1.54, 1.807) is 13.0 Å². The van der Waals surface area contributed by atoms with Crippen LogP contribution in [-0.4, -0.2) is 16.2 Å². The number of pyridine rings is 1. The number of nitro benzene ring substituents is 1. The predicted octanol–water partition coefficient (Wildman–Crippen LogP) is 2.90. The fraction of sp³-hybridized carbons (Fsp3) is 0.0769. The fourth-order valence-corrected chi connectivity index (χ4v) is 1.50. The second kappa shape index (κ2) is 5.26. The Morgan fingerprint density at radius 3 is 2.79 bits per heavy atom. The molecule has 0 amide bonds. The third-order valence-corrected chi connectivity index (χ3v) is 2.48. The van der Waals surface area contributed by atoms with E-state index in [1.165, 1.54) is 30.6 Å². The van der Waals surface area contributed by atoms with Crippen LogP contribution in [0.15, 0.2) is 36.7 Å². The second-order valence-electron chi connectivity index (χ2n) is 3.88. The molecule has 0 bridgehead atoms. The summed E-state index contributed by atoms with van der Waals surface area (Å²) in [5.74, 6) is 0.715. The van der Waals surface area contributed by atoms with Gasteiger partial charge < -0.3 is 4.74 Å². The molecule has 0 fully saturated rings. The van der Waals surface area contributed by atoms with Gasteiger partial charge in [0.05, 0.1) is 17.2 Å². The van der Waals surface area contributed by atoms with Gasteiger partial charge in [-0.2, -0.15) is 0 Å². The van der Waals surface area contributed by atoms with Crippen molar-refractivity contribution in [2.75, 3.05) is 0 Å². The highest BCUT2D eigenvalue weighted by Crippen LogP contribution is 2.28. The number of ether oxygens (including phenoxy) is 1. The third-order valence-electron chi connectivity index (χ3n) is 2.48. The van der Waals surface area contributed by atoms with Crippen molar-refractivity contribution < 1.29 is 14.5 Å². The number of hydrogen-bond acceptors (Lipinski definition) is 5. The van der Waals surface area contributed by atoms with Gasteiger partial charge in [0.2, 0.25) is 0 Å². The van der Waals surface area contributed by atoms with Gasteiger partial charge >= 0.3 is 0 Å². The van der Waals surface area contributed by atoms with Crippen molar-refractivity contribution in [1.29, 1.82) is 0 Å². The molecule has 6 heteroatoms. The van der Waals surface area contributed by atoms with E-state index in [9.17, 15) is 14.9 Å². The summed E-state index contributed by atoms with van der Waals surface area (Å²) in [5, 5.41) is 10.7. The summed E-state index contributed by atoms with van der Waals surface area (Å²) in [7, 11) is 0. The van der Waals surface area contributed by atoms with Gasteiger partial charge in [0.1, 0.15) is 11.5 Å². The molecular formula is C13H10N2O4. The summed E-state index contributed by atoms with van der Waals surface area (Å²) in [4.78, 5) is 24.7. The van der Waals surface area contributed by atoms with Gasteiger partial charge in [-0.05, 0) is 24.6 Å². The van der Waals surface area contributed by atoms with Gasteiger partial charge in [0, 0.05) is 17.8 Å². The van der Waals surface area contributed by atoms with Crippen LogP contribution < -0.4 is 4.74 Å². The lowest BCUT2D eigenvalue weighted by molar-refractivity contribution is -0.384. The Balaban J connectivity index is 2.34. The van der Waals surface area contributed by atoms with Crippen molar-refractivity contribution >= 4 is 12.0 Å². The van der Waals surface area contributed by atoms with Crippen molar-refractivity contribution in [2.45, 2.75) is 6.92 Å². The highest BCUT2D eigenvalue weighted by atomic mass is 16.6. The lowest BCUT2D eigenvalue weighted by atomic mass is 10.2. The molecule has 1 aromatic heterocycles. The molecule has 2 rings (SSSR count). The number of aromatic nitrogens is 1. The van der Waals surface area contributed by atoms with E-state index in [2.05, 4.69) is 4.98 Å². The summed E-state index contributed by atoms with van der Waals surface area (Å²) in [6.07, 6.45) is 3.49. The van der Waals surface area contributed by atoms with Crippen molar-refractivity contribution in [3.63, 3.8) is 0 Å². The number of benzene rings is 1. The molecule has 0 aliphatic carbocycles. The van der Waals surface area contributed by atoms with Crippen LogP contribution in [0.5, 0.6) is 11.5 Å². The summed E-state index contributed by atoms with van der Waals surface area (Å²) >= 11 is 0. The van der Waals surface area contributed by atoms with Crippen LogP contribution in [0.3, 0.4) is 0 Å². The monoisotopic (exact) mass is 258 g/mol. The van der Waals surface area contributed by atoms with Gasteiger partial charge in [-0.25, -0.2) is 0 Å². The van der Waals surface area contributed by atoms with E-state index in [1.807, 2.05) is 0 Å². The first-order valence-electron chi connectivity index (χ1n) is 5.43. The lowest BCUT2D eigenvalue weighted by Crippen LogP contribution is -1.93. The van der Waals surface area contributed by atoms with E-state index < -0.39 is 4.92 Å². The van der Waals surface area contributed by atoms with Gasteiger partial charge in [0.25, 0.3) is 5.69 Å². The molecule has 0 N–H and O–H groups in total. The highest BCUT2D eigenvalue weighted by molar-refractivity contribution is 5.74. The van der Waals surface area contributed by atoms with E-state index in [-0.39, 0.29) is 5.69 Å². The number of non-ortho nitro benzene ring substituents is 1. The minimum atomic E-state index is -0.494. The van der Waals surface area contributed by atoms with Crippen LogP contribution >= 0.6 is 0 Å². The Kier molecular flexibility index (Phi) is 3.51. The normalized spacial score (nSPS) is 9.95. The quantitative estimate of drug-likeness (QED) is 0.478. The molecule has 0 aliphatic heterocycles. The summed E-state index contributed by atoms with van der Waals surface area (Å²) < 4.78 is 5.52. The van der Waals surface area contributed by atoms with Crippen molar-refractivity contribution in [3.05, 3.63) is 57.9 Å². The van der Waals surface area contributed by atoms with Crippen LogP contribution in [-0.2, 0) is 0 Å². The summed E-state index contributed by atoms with van der Waals surface area (Å²) in [6.45, 7) is 1.77. The van der Waals surface area contributed by atoms with Crippen molar-refractivity contribution in [2.24, 2.45) is 0 Å². The van der Waals surface area contributed by atoms with Crippen molar-refractivity contribution in [1.82, 2.24) is 4.98 Å². The molecule has 6 nitrogen and oxygen atoms in total. The zero-order chi connectivity index (χ0) is 13.8. The molecule has 0 spiro atoms. The molecule has 0 radical (unpaired) electrons. The molecule has 0 unspecified atom stereocenters. The molecule has 0 aliphatic rings. The Labute approximate surface area is 108 Å². The molecule has 1 aromatic carbocycles. The van der Waals surface area contributed by atoms with E-state index >= 15 is 0 Å². The summed E-state index contributed by atoms with van der Waals surface area (Å²) in [6, 6.07) is 5.86. The number of nitro groups is 1. The standard InChI is InChI=1S/C13H10N2O4/c1-9-2-3-11(15(17)18)5-13(9)19-12-4-10(8-16)6-14-7-12/h2-8H,1H3. The topological polar surface area (TPSA) is 82.3 Å². The van der Waals surface area contributed by atoms with Crippen LogP contribution in [0.4, 0.5) is 5.69 Å². The largest absolute Gasteiger partial charge is 0.455 e. The molecule has 0 saturated heterocycles. The molecule has 0 saturated carbocycles. The molecular weight excluding hydrogens is 248 g/mol. The maximum atomic E-state index is 10.7. The van der Waals surface area contributed by atoms with Crippen LogP contribution in [0.2, 0.25) is 0 Å². The van der Waals surface area contributed by atoms with Gasteiger partial charge in [-0.15, -0.1) is 0 Å². The van der Waals surface area contributed by atoms with Crippen LogP contribution in [0.1, 0.15) is 15.9 Å². The number of rotatable bonds is 4. The number of hydrogen-bond donors (Lipinski definition) is 0. The second-order valence-corrected chi connectivity index (χ2v) is 3.88. The Morgan fingerprint density at radius 1 is 1.32 bits per heavy atom. The average Bonchev–Trinajstić information content (AvgIpc) is 2.41. The first-order chi connectivity index (χ1) is 9.10. The molecule has 19 heavy (non-hydrogen) atoms. The minimum absolute atomic E-state index is 0.0555. The maximum Gasteiger partial charge on any atom is 0.273 e.